The van der Waals surface area contributed by atoms with E-state index >= 15 is 0 Å². The number of dihydropyridines is 1. The molecule has 8 heteroatoms. The van der Waals surface area contributed by atoms with Crippen LogP contribution in [-0.2, 0) is 15.7 Å². The molecule has 28 heavy (non-hydrogen) atoms. The first kappa shape index (κ1) is 21.5. The lowest BCUT2D eigenvalue weighted by molar-refractivity contribution is -0.141. The van der Waals surface area contributed by atoms with Crippen molar-refractivity contribution in [2.75, 3.05) is 6.61 Å². The van der Waals surface area contributed by atoms with Crippen molar-refractivity contribution in [1.82, 2.24) is 5.32 Å². The summed E-state index contributed by atoms with van der Waals surface area (Å²) in [6.07, 6.45) is -4.86. The first-order valence-corrected chi connectivity index (χ1v) is 8.59. The highest BCUT2D eigenvalue weighted by Crippen LogP contribution is 2.44. The summed E-state index contributed by atoms with van der Waals surface area (Å²) in [7, 11) is 0. The van der Waals surface area contributed by atoms with Gasteiger partial charge in [0.1, 0.15) is 5.82 Å². The fourth-order valence-corrected chi connectivity index (χ4v) is 3.07. The molecule has 0 fully saturated rings. The van der Waals surface area contributed by atoms with E-state index in [1.807, 2.05) is 19.9 Å². The smallest absolute Gasteiger partial charge is 0.416 e. The van der Waals surface area contributed by atoms with Gasteiger partial charge >= 0.3 is 12.1 Å². The molecule has 4 nitrogen and oxygen atoms in total. The van der Waals surface area contributed by atoms with E-state index in [1.54, 1.807) is 0 Å². The van der Waals surface area contributed by atoms with E-state index in [9.17, 15) is 27.6 Å². The maximum atomic E-state index is 13.6. The van der Waals surface area contributed by atoms with Gasteiger partial charge in [0.15, 0.2) is 0 Å². The van der Waals surface area contributed by atoms with Crippen LogP contribution in [0.2, 0.25) is 0 Å². The molecule has 1 aliphatic heterocycles. The fraction of sp³-hybridized carbons (Fsp3) is 0.400. The van der Waals surface area contributed by atoms with E-state index in [2.05, 4.69) is 5.32 Å². The first-order valence-electron chi connectivity index (χ1n) is 8.59. The lowest BCUT2D eigenvalue weighted by Crippen LogP contribution is -2.30. The Morgan fingerprint density at radius 3 is 2.46 bits per heavy atom. The topological polar surface area (TPSA) is 62.1 Å². The summed E-state index contributed by atoms with van der Waals surface area (Å²) >= 11 is 0. The van der Waals surface area contributed by atoms with E-state index in [-0.39, 0.29) is 34.9 Å². The van der Waals surface area contributed by atoms with Crippen molar-refractivity contribution in [2.24, 2.45) is 5.92 Å². The number of hydrogen-bond donors (Lipinski definition) is 1. The molecule has 0 saturated carbocycles. The minimum atomic E-state index is -4.86. The number of halogens is 4. The predicted molar refractivity (Wildman–Crippen MR) is 94.1 cm³/mol. The molecule has 0 aromatic heterocycles. The number of nitrogens with one attached hydrogen (secondary N) is 1. The quantitative estimate of drug-likeness (QED) is 0.587. The third-order valence-electron chi connectivity index (χ3n) is 4.28. The van der Waals surface area contributed by atoms with Gasteiger partial charge in [-0.15, -0.1) is 0 Å². The number of allylic oxidation sites excluding steroid dienone is 3. The van der Waals surface area contributed by atoms with Gasteiger partial charge < -0.3 is 10.1 Å². The number of hydrogen-bond acceptors (Lipinski definition) is 4. The molecule has 1 N–H and O–H groups in total. The number of ether oxygens (including phenoxy) is 1. The summed E-state index contributed by atoms with van der Waals surface area (Å²) in [6, 6.07) is 4.09. The van der Waals surface area contributed by atoms with E-state index in [0.717, 1.165) is 12.1 Å². The van der Waals surface area contributed by atoms with Crippen LogP contribution in [0, 0.1) is 23.1 Å². The zero-order valence-corrected chi connectivity index (χ0v) is 15.9. The van der Waals surface area contributed by atoms with E-state index in [4.69, 9.17) is 4.74 Å². The van der Waals surface area contributed by atoms with Crippen molar-refractivity contribution in [2.45, 2.75) is 39.8 Å². The Labute approximate surface area is 160 Å². The van der Waals surface area contributed by atoms with Gasteiger partial charge in [0.05, 0.1) is 35.3 Å². The summed E-state index contributed by atoms with van der Waals surface area (Å²) in [6.45, 7) is 6.76. The van der Waals surface area contributed by atoms with Crippen LogP contribution in [0.5, 0.6) is 0 Å². The minimum absolute atomic E-state index is 0.0177. The normalized spacial score (nSPS) is 17.5. The van der Waals surface area contributed by atoms with Gasteiger partial charge in [-0.3, -0.25) is 0 Å². The lowest BCUT2D eigenvalue weighted by Gasteiger charge is -2.30. The van der Waals surface area contributed by atoms with Crippen molar-refractivity contribution in [3.05, 3.63) is 57.7 Å². The van der Waals surface area contributed by atoms with E-state index < -0.39 is 29.4 Å². The van der Waals surface area contributed by atoms with Crippen LogP contribution in [0.1, 0.15) is 44.7 Å². The Kier molecular flexibility index (Phi) is 6.17. The average Bonchev–Trinajstić information content (AvgIpc) is 2.58. The van der Waals surface area contributed by atoms with Gasteiger partial charge in [-0.05, 0) is 37.5 Å². The van der Waals surface area contributed by atoms with Crippen LogP contribution in [0.15, 0.2) is 40.7 Å². The maximum absolute atomic E-state index is 13.6. The Morgan fingerprint density at radius 1 is 1.29 bits per heavy atom. The molecule has 1 aliphatic rings. The van der Waals surface area contributed by atoms with Crippen LogP contribution in [0.4, 0.5) is 17.6 Å². The molecule has 0 spiro atoms. The molecule has 1 atom stereocenters. The molecule has 0 amide bonds. The third kappa shape index (κ3) is 4.35. The number of benzene rings is 1. The number of carbonyl (C=O) groups excluding carboxylic acids is 1. The highest BCUT2D eigenvalue weighted by Gasteiger charge is 2.41. The zero-order chi connectivity index (χ0) is 21.2. The molecular formula is C20H20F4N2O2. The molecule has 0 bridgehead atoms. The van der Waals surface area contributed by atoms with Crippen LogP contribution in [0.25, 0.3) is 0 Å². The van der Waals surface area contributed by atoms with E-state index in [1.165, 1.54) is 13.8 Å². The largest absolute Gasteiger partial charge is 0.462 e. The summed E-state index contributed by atoms with van der Waals surface area (Å²) in [5.74, 6) is -3.18. The maximum Gasteiger partial charge on any atom is 0.416 e. The lowest BCUT2D eigenvalue weighted by atomic mass is 9.79. The fourth-order valence-electron chi connectivity index (χ4n) is 3.07. The molecule has 1 heterocycles. The highest BCUT2D eigenvalue weighted by atomic mass is 19.4. The first-order chi connectivity index (χ1) is 13.0. The van der Waals surface area contributed by atoms with E-state index in [0.29, 0.717) is 11.8 Å². The van der Waals surface area contributed by atoms with Crippen molar-refractivity contribution >= 4 is 5.97 Å². The van der Waals surface area contributed by atoms with Crippen LogP contribution >= 0.6 is 0 Å². The second-order valence-corrected chi connectivity index (χ2v) is 6.97. The Bertz CT molecular complexity index is 892. The number of rotatable bonds is 4. The van der Waals surface area contributed by atoms with Gasteiger partial charge in [-0.25, -0.2) is 9.18 Å². The standard InChI is InChI=1S/C20H20F4N2O2/c1-10(2)9-28-19(27)17-12(4)26-11(3)15(8-25)18(17)14-6-5-13(21)7-16(14)20(22,23)24/h5-7,10,18,26H,9H2,1-4H3. The number of alkyl halides is 3. The third-order valence-corrected chi connectivity index (χ3v) is 4.28. The Hall–Kier alpha value is -2.82. The summed E-state index contributed by atoms with van der Waals surface area (Å²) in [4.78, 5) is 12.7. The van der Waals surface area contributed by atoms with Crippen molar-refractivity contribution in [3.63, 3.8) is 0 Å². The molecule has 0 saturated heterocycles. The van der Waals surface area contributed by atoms with Gasteiger partial charge in [0.2, 0.25) is 0 Å². The monoisotopic (exact) mass is 396 g/mol. The molecule has 2 rings (SSSR count). The molecule has 150 valence electrons. The highest BCUT2D eigenvalue weighted by molar-refractivity contribution is 5.93. The number of nitriles is 1. The van der Waals surface area contributed by atoms with Gasteiger partial charge in [0.25, 0.3) is 0 Å². The van der Waals surface area contributed by atoms with Crippen LogP contribution < -0.4 is 5.32 Å². The Morgan fingerprint density at radius 2 is 1.93 bits per heavy atom. The molecule has 1 aromatic carbocycles. The summed E-state index contributed by atoms with van der Waals surface area (Å²) in [5.41, 5.74) is -1.15. The molecule has 1 aromatic rings. The average molecular weight is 396 g/mol. The predicted octanol–water partition coefficient (Wildman–Crippen LogP) is 4.80. The van der Waals surface area contributed by atoms with Gasteiger partial charge in [0, 0.05) is 11.4 Å². The molecule has 1 unspecified atom stereocenters. The number of esters is 1. The molecule has 0 radical (unpaired) electrons. The van der Waals surface area contributed by atoms with Crippen molar-refractivity contribution in [1.29, 1.82) is 5.26 Å². The summed E-state index contributed by atoms with van der Waals surface area (Å²) in [5, 5.41) is 12.4. The zero-order valence-electron chi connectivity index (χ0n) is 15.9. The molecule has 0 aliphatic carbocycles. The Balaban J connectivity index is 2.70. The van der Waals surface area contributed by atoms with Gasteiger partial charge in [-0.1, -0.05) is 19.9 Å². The minimum Gasteiger partial charge on any atom is -0.462 e. The van der Waals surface area contributed by atoms with Crippen molar-refractivity contribution < 1.29 is 27.1 Å². The summed E-state index contributed by atoms with van der Waals surface area (Å²) < 4.78 is 59.5. The van der Waals surface area contributed by atoms with Gasteiger partial charge in [-0.2, -0.15) is 18.4 Å². The van der Waals surface area contributed by atoms with Crippen LogP contribution in [-0.4, -0.2) is 12.6 Å². The second-order valence-electron chi connectivity index (χ2n) is 6.97. The molecular weight excluding hydrogens is 376 g/mol. The van der Waals surface area contributed by atoms with Crippen LogP contribution in [0.3, 0.4) is 0 Å². The second kappa shape index (κ2) is 8.05. The number of carbonyl (C=O) groups is 1. The number of nitrogens with zero attached hydrogens (tertiary/aromatic N) is 1. The SMILES string of the molecule is CC1=C(C#N)C(c2ccc(F)cc2C(F)(F)F)C(C(=O)OCC(C)C)=C(C)N1. The van der Waals surface area contributed by atoms with Crippen molar-refractivity contribution in [3.8, 4) is 6.07 Å².